The third kappa shape index (κ3) is 4.22. The minimum Gasteiger partial charge on any atom is -0.399 e. The summed E-state index contributed by atoms with van der Waals surface area (Å²) >= 11 is 2.72. The van der Waals surface area contributed by atoms with E-state index in [4.69, 9.17) is 5.73 Å². The van der Waals surface area contributed by atoms with Crippen LogP contribution in [0.2, 0.25) is 0 Å². The van der Waals surface area contributed by atoms with Crippen molar-refractivity contribution in [2.45, 2.75) is 17.7 Å². The van der Waals surface area contributed by atoms with Crippen LogP contribution in [0.25, 0.3) is 0 Å². The monoisotopic (exact) mass is 294 g/mol. The molecule has 2 rings (SSSR count). The average molecular weight is 294 g/mol. The zero-order valence-electron chi connectivity index (χ0n) is 10.4. The lowest BCUT2D eigenvalue weighted by Crippen LogP contribution is -2.13. The van der Waals surface area contributed by atoms with Gasteiger partial charge in [-0.15, -0.1) is 0 Å². The molecule has 0 radical (unpaired) electrons. The maximum atomic E-state index is 11.7. The van der Waals surface area contributed by atoms with E-state index >= 15 is 0 Å². The van der Waals surface area contributed by atoms with Gasteiger partial charge in [0.1, 0.15) is 5.82 Å². The van der Waals surface area contributed by atoms with E-state index in [0.717, 1.165) is 22.3 Å². The first-order valence-electron chi connectivity index (χ1n) is 5.78. The molecule has 0 fully saturated rings. The maximum Gasteiger partial charge on any atom is 0.234 e. The number of nitrogen functional groups attached to an aromatic ring is 1. The van der Waals surface area contributed by atoms with Crippen molar-refractivity contribution >= 4 is 40.6 Å². The summed E-state index contributed by atoms with van der Waals surface area (Å²) in [5.74, 6) is 1.08. The van der Waals surface area contributed by atoms with Gasteiger partial charge < -0.3 is 11.1 Å². The van der Waals surface area contributed by atoms with E-state index in [1.54, 1.807) is 24.3 Å². The normalized spacial score (nSPS) is 10.4. The van der Waals surface area contributed by atoms with E-state index in [1.165, 1.54) is 23.3 Å². The number of hydrogen-bond donors (Lipinski definition) is 2. The molecule has 0 saturated heterocycles. The van der Waals surface area contributed by atoms with Crippen molar-refractivity contribution in [2.24, 2.45) is 0 Å². The molecule has 0 spiro atoms. The molecule has 0 atom stereocenters. The molecule has 1 amide bonds. The number of nitrogens with two attached hydrogens (primary N) is 1. The number of hydrogen-bond acceptors (Lipinski definition) is 6. The Morgan fingerprint density at radius 3 is 2.79 bits per heavy atom. The van der Waals surface area contributed by atoms with Crippen LogP contribution in [0.4, 0.5) is 11.4 Å². The predicted molar refractivity (Wildman–Crippen MR) is 79.5 cm³/mol. The van der Waals surface area contributed by atoms with Crippen LogP contribution in [-0.4, -0.2) is 21.0 Å². The second-order valence-electron chi connectivity index (χ2n) is 3.79. The minimum absolute atomic E-state index is 0.0666. The van der Waals surface area contributed by atoms with E-state index < -0.39 is 0 Å². The Labute approximate surface area is 119 Å². The number of carbonyl (C=O) groups excluding carboxylic acids is 1. The van der Waals surface area contributed by atoms with Crippen LogP contribution >= 0.6 is 23.3 Å². The quantitative estimate of drug-likeness (QED) is 0.654. The molecule has 1 aromatic heterocycles. The summed E-state index contributed by atoms with van der Waals surface area (Å²) in [4.78, 5) is 16.0. The van der Waals surface area contributed by atoms with E-state index in [9.17, 15) is 4.79 Å². The van der Waals surface area contributed by atoms with Gasteiger partial charge in [-0.2, -0.15) is 4.37 Å². The molecule has 7 heteroatoms. The highest BCUT2D eigenvalue weighted by atomic mass is 32.2. The molecule has 0 aliphatic rings. The van der Waals surface area contributed by atoms with Crippen LogP contribution in [0.5, 0.6) is 0 Å². The summed E-state index contributed by atoms with van der Waals surface area (Å²) in [5.41, 5.74) is 6.99. The highest BCUT2D eigenvalue weighted by Crippen LogP contribution is 2.20. The van der Waals surface area contributed by atoms with Gasteiger partial charge in [0.15, 0.2) is 4.34 Å². The molecule has 0 unspecified atom stereocenters. The summed E-state index contributed by atoms with van der Waals surface area (Å²) in [7, 11) is 0. The van der Waals surface area contributed by atoms with Crippen molar-refractivity contribution in [3.63, 3.8) is 0 Å². The fourth-order valence-electron chi connectivity index (χ4n) is 1.33. The van der Waals surface area contributed by atoms with Crippen LogP contribution in [0, 0.1) is 0 Å². The molecule has 2 aromatic rings. The molecular formula is C12H14N4OS2. The molecule has 1 heterocycles. The van der Waals surface area contributed by atoms with Crippen LogP contribution in [0.1, 0.15) is 12.7 Å². The van der Waals surface area contributed by atoms with E-state index in [1.807, 2.05) is 6.92 Å². The number of amides is 1. The van der Waals surface area contributed by atoms with Gasteiger partial charge in [0.05, 0.1) is 5.75 Å². The van der Waals surface area contributed by atoms with Crippen molar-refractivity contribution < 1.29 is 4.79 Å². The lowest BCUT2D eigenvalue weighted by Gasteiger charge is -2.04. The number of thioether (sulfide) groups is 1. The number of rotatable bonds is 5. The van der Waals surface area contributed by atoms with Crippen LogP contribution in [-0.2, 0) is 11.2 Å². The van der Waals surface area contributed by atoms with E-state index in [-0.39, 0.29) is 5.91 Å². The Balaban J connectivity index is 1.82. The zero-order valence-corrected chi connectivity index (χ0v) is 12.1. The Kier molecular flexibility index (Phi) is 4.75. The predicted octanol–water partition coefficient (Wildman–Crippen LogP) is 2.41. The summed E-state index contributed by atoms with van der Waals surface area (Å²) in [6.45, 7) is 2.00. The van der Waals surface area contributed by atoms with Gasteiger partial charge in [-0.25, -0.2) is 4.98 Å². The SMILES string of the molecule is CCc1nsc(SCC(=O)Nc2ccc(N)cc2)n1. The topological polar surface area (TPSA) is 80.9 Å². The first kappa shape index (κ1) is 13.8. The van der Waals surface area contributed by atoms with Gasteiger partial charge in [0.2, 0.25) is 5.91 Å². The van der Waals surface area contributed by atoms with Gasteiger partial charge in [0, 0.05) is 17.8 Å². The lowest BCUT2D eigenvalue weighted by atomic mass is 10.3. The van der Waals surface area contributed by atoms with Gasteiger partial charge in [-0.05, 0) is 35.8 Å². The molecular weight excluding hydrogens is 280 g/mol. The molecule has 0 saturated carbocycles. The molecule has 100 valence electrons. The standard InChI is InChI=1S/C12H14N4OS2/c1-2-10-15-12(19-16-10)18-7-11(17)14-9-5-3-8(13)4-6-9/h3-6H,2,7,13H2,1H3,(H,14,17). The maximum absolute atomic E-state index is 11.7. The Morgan fingerprint density at radius 1 is 1.42 bits per heavy atom. The average Bonchev–Trinajstić information content (AvgIpc) is 2.87. The smallest absolute Gasteiger partial charge is 0.234 e. The lowest BCUT2D eigenvalue weighted by molar-refractivity contribution is -0.113. The molecule has 0 aliphatic carbocycles. The minimum atomic E-state index is -0.0666. The molecule has 5 nitrogen and oxygen atoms in total. The van der Waals surface area contributed by atoms with Gasteiger partial charge in [-0.3, -0.25) is 4.79 Å². The van der Waals surface area contributed by atoms with Crippen LogP contribution < -0.4 is 11.1 Å². The van der Waals surface area contributed by atoms with Crippen molar-refractivity contribution in [3.8, 4) is 0 Å². The second-order valence-corrected chi connectivity index (χ2v) is 5.76. The Hall–Kier alpha value is -1.60. The summed E-state index contributed by atoms with van der Waals surface area (Å²) in [6.07, 6.45) is 0.814. The number of nitrogens with one attached hydrogen (secondary N) is 1. The number of aryl methyl sites for hydroxylation is 1. The summed E-state index contributed by atoms with van der Waals surface area (Å²) in [6, 6.07) is 7.05. The van der Waals surface area contributed by atoms with Gasteiger partial charge in [-0.1, -0.05) is 18.7 Å². The van der Waals surface area contributed by atoms with Gasteiger partial charge >= 0.3 is 0 Å². The number of aromatic nitrogens is 2. The molecule has 0 aliphatic heterocycles. The fourth-order valence-corrected chi connectivity index (χ4v) is 2.83. The van der Waals surface area contributed by atoms with Crippen LogP contribution in [0.3, 0.4) is 0 Å². The first-order chi connectivity index (χ1) is 9.17. The summed E-state index contributed by atoms with van der Waals surface area (Å²) < 4.78 is 4.99. The van der Waals surface area contributed by atoms with Crippen molar-refractivity contribution in [2.75, 3.05) is 16.8 Å². The zero-order chi connectivity index (χ0) is 13.7. The first-order valence-corrected chi connectivity index (χ1v) is 7.54. The second kappa shape index (κ2) is 6.53. The largest absolute Gasteiger partial charge is 0.399 e. The molecule has 0 bridgehead atoms. The highest BCUT2D eigenvalue weighted by Gasteiger charge is 2.07. The number of nitrogens with zero attached hydrogens (tertiary/aromatic N) is 2. The number of anilines is 2. The van der Waals surface area contributed by atoms with Crippen molar-refractivity contribution in [3.05, 3.63) is 30.1 Å². The van der Waals surface area contributed by atoms with E-state index in [0.29, 0.717) is 11.4 Å². The fraction of sp³-hybridized carbons (Fsp3) is 0.250. The van der Waals surface area contributed by atoms with E-state index in [2.05, 4.69) is 14.7 Å². The number of benzene rings is 1. The third-order valence-corrected chi connectivity index (χ3v) is 4.16. The third-order valence-electron chi connectivity index (χ3n) is 2.29. The molecule has 19 heavy (non-hydrogen) atoms. The Bertz CT molecular complexity index is 553. The molecule has 1 aromatic carbocycles. The summed E-state index contributed by atoms with van der Waals surface area (Å²) in [5, 5.41) is 2.80. The van der Waals surface area contributed by atoms with Crippen molar-refractivity contribution in [1.29, 1.82) is 0 Å². The van der Waals surface area contributed by atoms with Crippen molar-refractivity contribution in [1.82, 2.24) is 9.36 Å². The van der Waals surface area contributed by atoms with Gasteiger partial charge in [0.25, 0.3) is 0 Å². The molecule has 3 N–H and O–H groups in total. The number of carbonyl (C=O) groups is 1. The van der Waals surface area contributed by atoms with Crippen LogP contribution in [0.15, 0.2) is 28.6 Å². The Morgan fingerprint density at radius 2 is 2.16 bits per heavy atom. The highest BCUT2D eigenvalue weighted by molar-refractivity contribution is 8.01.